The van der Waals surface area contributed by atoms with Crippen LogP contribution in [0.1, 0.15) is 10.4 Å². The molecule has 5 aromatic rings. The van der Waals surface area contributed by atoms with Crippen LogP contribution in [0.5, 0.6) is 5.75 Å². The van der Waals surface area contributed by atoms with Gasteiger partial charge in [0.05, 0.1) is 18.7 Å². The van der Waals surface area contributed by atoms with E-state index in [1.165, 1.54) is 0 Å². The number of aromatic amines is 1. The quantitative estimate of drug-likeness (QED) is 0.428. The summed E-state index contributed by atoms with van der Waals surface area (Å²) in [7, 11) is 0. The van der Waals surface area contributed by atoms with Crippen molar-refractivity contribution in [2.45, 2.75) is 6.10 Å². The third kappa shape index (κ3) is 3.53. The van der Waals surface area contributed by atoms with Gasteiger partial charge in [-0.05, 0) is 30.3 Å². The van der Waals surface area contributed by atoms with Gasteiger partial charge in [0.25, 0.3) is 11.8 Å². The van der Waals surface area contributed by atoms with Crippen molar-refractivity contribution in [1.29, 1.82) is 0 Å². The van der Waals surface area contributed by atoms with E-state index in [1.807, 2.05) is 85.1 Å². The Morgan fingerprint density at radius 1 is 0.970 bits per heavy atom. The first-order valence-corrected chi connectivity index (χ1v) is 10.8. The molecule has 3 aromatic carbocycles. The molecule has 1 aliphatic heterocycles. The zero-order valence-corrected chi connectivity index (χ0v) is 17.6. The van der Waals surface area contributed by atoms with Crippen molar-refractivity contribution >= 4 is 16.8 Å². The van der Waals surface area contributed by atoms with Crippen LogP contribution in [-0.4, -0.2) is 45.1 Å². The van der Waals surface area contributed by atoms with Crippen LogP contribution in [0, 0.1) is 0 Å². The highest BCUT2D eigenvalue weighted by Gasteiger charge is 2.34. The maximum atomic E-state index is 13.0. The normalized spacial score (nSPS) is 13.8. The second-order valence-electron chi connectivity index (χ2n) is 7.98. The van der Waals surface area contributed by atoms with E-state index >= 15 is 0 Å². The number of carbonyl (C=O) groups is 1. The summed E-state index contributed by atoms with van der Waals surface area (Å²) in [6.45, 7) is 1.04. The topological polar surface area (TPSA) is 84.2 Å². The smallest absolute Gasteiger partial charge is 0.262 e. The zero-order chi connectivity index (χ0) is 22.2. The number of fused-ring (bicyclic) bond motifs is 1. The van der Waals surface area contributed by atoms with Gasteiger partial charge in [0.1, 0.15) is 11.9 Å². The average Bonchev–Trinajstić information content (AvgIpc) is 3.51. The van der Waals surface area contributed by atoms with E-state index < -0.39 is 0 Å². The maximum absolute atomic E-state index is 13.0. The average molecular weight is 436 g/mol. The molecule has 1 amide bonds. The van der Waals surface area contributed by atoms with Crippen LogP contribution >= 0.6 is 0 Å². The Morgan fingerprint density at radius 3 is 2.67 bits per heavy atom. The first kappa shape index (κ1) is 19.3. The molecular weight excluding hydrogens is 416 g/mol. The number of para-hydroxylation sites is 1. The molecule has 3 heterocycles. The molecule has 1 saturated heterocycles. The molecule has 1 aliphatic rings. The van der Waals surface area contributed by atoms with Crippen LogP contribution < -0.4 is 4.74 Å². The van der Waals surface area contributed by atoms with Crippen LogP contribution in [0.3, 0.4) is 0 Å². The lowest BCUT2D eigenvalue weighted by Gasteiger charge is -2.39. The fraction of sp³-hybridized carbons (Fsp3) is 0.115. The van der Waals surface area contributed by atoms with Crippen LogP contribution in [0.2, 0.25) is 0 Å². The fourth-order valence-electron chi connectivity index (χ4n) is 4.08. The molecule has 162 valence electrons. The highest BCUT2D eigenvalue weighted by Crippen LogP contribution is 2.32. The number of amides is 1. The predicted octanol–water partition coefficient (Wildman–Crippen LogP) is 4.79. The lowest BCUT2D eigenvalue weighted by atomic mass is 10.1. The lowest BCUT2D eigenvalue weighted by molar-refractivity contribution is 0.0181. The van der Waals surface area contributed by atoms with Crippen LogP contribution in [-0.2, 0) is 0 Å². The number of H-pyrrole nitrogens is 1. The van der Waals surface area contributed by atoms with Gasteiger partial charge in [0.15, 0.2) is 0 Å². The predicted molar refractivity (Wildman–Crippen MR) is 124 cm³/mol. The molecule has 0 spiro atoms. The third-order valence-corrected chi connectivity index (χ3v) is 5.83. The highest BCUT2D eigenvalue weighted by molar-refractivity contribution is 6.06. The number of nitrogens with zero attached hydrogens (tertiary/aromatic N) is 3. The Hall–Kier alpha value is -4.39. The summed E-state index contributed by atoms with van der Waals surface area (Å²) >= 11 is 0. The zero-order valence-electron chi connectivity index (χ0n) is 17.6. The first-order valence-electron chi connectivity index (χ1n) is 10.8. The molecule has 0 saturated carbocycles. The van der Waals surface area contributed by atoms with Gasteiger partial charge in [-0.2, -0.15) is 4.98 Å². The number of nitrogens with one attached hydrogen (secondary N) is 1. The Kier molecular flexibility index (Phi) is 4.65. The molecule has 2 aromatic heterocycles. The van der Waals surface area contributed by atoms with Crippen molar-refractivity contribution in [3.63, 3.8) is 0 Å². The number of hydrogen-bond acceptors (Lipinski definition) is 5. The number of ether oxygens (including phenoxy) is 1. The SMILES string of the molecule is O=C(c1cccc2[nH]ccc12)N1CC(Oc2ccccc2-c2nc(-c3ccccc3)no2)C1. The summed E-state index contributed by atoms with van der Waals surface area (Å²) in [6, 6.07) is 24.9. The molecule has 0 radical (unpaired) electrons. The molecule has 33 heavy (non-hydrogen) atoms. The van der Waals surface area contributed by atoms with Gasteiger partial charge >= 0.3 is 0 Å². The fourth-order valence-corrected chi connectivity index (χ4v) is 4.08. The summed E-state index contributed by atoms with van der Waals surface area (Å²) in [5.41, 5.74) is 3.27. The highest BCUT2D eigenvalue weighted by atomic mass is 16.5. The van der Waals surface area contributed by atoms with Crippen LogP contribution in [0.4, 0.5) is 0 Å². The van der Waals surface area contributed by atoms with Crippen LogP contribution in [0.15, 0.2) is 89.6 Å². The molecule has 0 unspecified atom stereocenters. The van der Waals surface area contributed by atoms with E-state index in [2.05, 4.69) is 15.1 Å². The minimum atomic E-state index is -0.1000. The Morgan fingerprint density at radius 2 is 1.79 bits per heavy atom. The van der Waals surface area contributed by atoms with E-state index in [0.29, 0.717) is 36.1 Å². The lowest BCUT2D eigenvalue weighted by Crippen LogP contribution is -2.56. The third-order valence-electron chi connectivity index (χ3n) is 5.83. The molecule has 0 aliphatic carbocycles. The summed E-state index contributed by atoms with van der Waals surface area (Å²) < 4.78 is 11.7. The van der Waals surface area contributed by atoms with E-state index in [-0.39, 0.29) is 12.0 Å². The van der Waals surface area contributed by atoms with Crippen molar-refractivity contribution < 1.29 is 14.1 Å². The summed E-state index contributed by atoms with van der Waals surface area (Å²) in [4.78, 5) is 22.5. The Balaban J connectivity index is 1.17. The van der Waals surface area contributed by atoms with Gasteiger partial charge in [-0.3, -0.25) is 4.79 Å². The molecule has 7 heteroatoms. The van der Waals surface area contributed by atoms with Gasteiger partial charge in [-0.15, -0.1) is 0 Å². The molecular formula is C26H20N4O3. The number of aromatic nitrogens is 3. The van der Waals surface area contributed by atoms with Gasteiger partial charge in [-0.1, -0.05) is 53.7 Å². The number of hydrogen-bond donors (Lipinski definition) is 1. The summed E-state index contributed by atoms with van der Waals surface area (Å²) in [6.07, 6.45) is 1.75. The van der Waals surface area contributed by atoms with Gasteiger partial charge in [0.2, 0.25) is 5.82 Å². The van der Waals surface area contributed by atoms with Crippen LogP contribution in [0.25, 0.3) is 33.7 Å². The van der Waals surface area contributed by atoms with Crippen molar-refractivity contribution in [3.05, 3.63) is 90.6 Å². The van der Waals surface area contributed by atoms with E-state index in [4.69, 9.17) is 9.26 Å². The van der Waals surface area contributed by atoms with Crippen molar-refractivity contribution in [3.8, 4) is 28.6 Å². The molecule has 7 nitrogen and oxygen atoms in total. The number of benzene rings is 3. The van der Waals surface area contributed by atoms with Crippen molar-refractivity contribution in [1.82, 2.24) is 20.0 Å². The molecule has 0 bridgehead atoms. The largest absolute Gasteiger partial charge is 0.486 e. The van der Waals surface area contributed by atoms with E-state index in [0.717, 1.165) is 22.0 Å². The molecule has 6 rings (SSSR count). The second kappa shape index (κ2) is 7.94. The monoisotopic (exact) mass is 436 g/mol. The summed E-state index contributed by atoms with van der Waals surface area (Å²) in [5.74, 6) is 1.60. The maximum Gasteiger partial charge on any atom is 0.262 e. The van der Waals surface area contributed by atoms with Crippen molar-refractivity contribution in [2.75, 3.05) is 13.1 Å². The van der Waals surface area contributed by atoms with Gasteiger partial charge in [0, 0.05) is 28.2 Å². The molecule has 1 fully saturated rings. The van der Waals surface area contributed by atoms with Crippen molar-refractivity contribution in [2.24, 2.45) is 0 Å². The Bertz CT molecular complexity index is 1430. The minimum absolute atomic E-state index is 0.0118. The minimum Gasteiger partial charge on any atom is -0.486 e. The second-order valence-corrected chi connectivity index (χ2v) is 7.98. The molecule has 0 atom stereocenters. The first-order chi connectivity index (χ1) is 16.3. The van der Waals surface area contributed by atoms with E-state index in [9.17, 15) is 4.79 Å². The number of likely N-dealkylation sites (tertiary alicyclic amines) is 1. The summed E-state index contributed by atoms with van der Waals surface area (Å²) in [5, 5.41) is 5.04. The number of rotatable bonds is 5. The van der Waals surface area contributed by atoms with Gasteiger partial charge in [-0.25, -0.2) is 0 Å². The number of carbonyl (C=O) groups excluding carboxylic acids is 1. The van der Waals surface area contributed by atoms with Gasteiger partial charge < -0.3 is 19.1 Å². The Labute approximate surface area is 189 Å². The van der Waals surface area contributed by atoms with E-state index in [1.54, 1.807) is 4.90 Å². The standard InChI is InChI=1S/C26H20N4O3/c31-26(20-10-6-11-22-19(20)13-14-27-22)30-15-18(16-30)32-23-12-5-4-9-21(23)25-28-24(29-33-25)17-7-2-1-3-8-17/h1-14,18,27H,15-16H2. The molecule has 1 N–H and O–H groups in total.